The molecule has 0 spiro atoms. The molecule has 0 aliphatic heterocycles. The molecule has 1 unspecified atom stereocenters. The molecule has 90 valence electrons. The van der Waals surface area contributed by atoms with Crippen LogP contribution >= 0.6 is 11.6 Å². The van der Waals surface area contributed by atoms with Crippen LogP contribution in [0.1, 0.15) is 23.7 Å². The van der Waals surface area contributed by atoms with Gasteiger partial charge in [-0.05, 0) is 13.0 Å². The number of rotatable bonds is 4. The Bertz CT molecular complexity index is 479. The fourth-order valence-electron chi connectivity index (χ4n) is 1.26. The summed E-state index contributed by atoms with van der Waals surface area (Å²) in [5.41, 5.74) is 5.82. The molecule has 1 aromatic carbocycles. The van der Waals surface area contributed by atoms with E-state index in [2.05, 4.69) is 5.92 Å². The Balaban J connectivity index is 3.09. The highest BCUT2D eigenvalue weighted by Gasteiger charge is 2.16. The second kappa shape index (κ2) is 5.46. The van der Waals surface area contributed by atoms with Gasteiger partial charge in [0.2, 0.25) is 0 Å². The first-order chi connectivity index (χ1) is 7.95. The third-order valence-corrected chi connectivity index (χ3v) is 2.39. The number of halogens is 1. The first-order valence-electron chi connectivity index (χ1n) is 4.88. The Morgan fingerprint density at radius 2 is 2.35 bits per heavy atom. The molecule has 0 amide bonds. The van der Waals surface area contributed by atoms with Crippen LogP contribution in [0.3, 0.4) is 0 Å². The molecule has 0 bridgehead atoms. The Labute approximate surface area is 104 Å². The number of carboxylic acid groups (broad SMARTS) is 1. The van der Waals surface area contributed by atoms with Gasteiger partial charge in [-0.2, -0.15) is 0 Å². The van der Waals surface area contributed by atoms with Crippen molar-refractivity contribution in [2.24, 2.45) is 0 Å². The zero-order valence-electron chi connectivity index (χ0n) is 9.24. The quantitative estimate of drug-likeness (QED) is 0.638. The van der Waals surface area contributed by atoms with Gasteiger partial charge in [0, 0.05) is 12.5 Å². The van der Waals surface area contributed by atoms with E-state index in [9.17, 15) is 4.79 Å². The van der Waals surface area contributed by atoms with E-state index < -0.39 is 5.97 Å². The molecule has 4 nitrogen and oxygen atoms in total. The van der Waals surface area contributed by atoms with Crippen LogP contribution in [-0.2, 0) is 0 Å². The maximum Gasteiger partial charge on any atom is 0.339 e. The minimum Gasteiger partial charge on any atom is -0.489 e. The van der Waals surface area contributed by atoms with E-state index in [0.29, 0.717) is 6.42 Å². The molecule has 0 aliphatic rings. The third-order valence-electron chi connectivity index (χ3n) is 2.06. The van der Waals surface area contributed by atoms with E-state index in [1.807, 2.05) is 0 Å². The van der Waals surface area contributed by atoms with Gasteiger partial charge in [-0.15, -0.1) is 12.3 Å². The van der Waals surface area contributed by atoms with Crippen molar-refractivity contribution < 1.29 is 14.6 Å². The molecule has 0 saturated carbocycles. The molecule has 0 fully saturated rings. The Hall–Kier alpha value is -1.86. The van der Waals surface area contributed by atoms with Gasteiger partial charge in [0.25, 0.3) is 0 Å². The standard InChI is InChI=1S/C12H12ClNO3/c1-3-4-7(2)17-11-6-10(14)9(13)5-8(11)12(15)16/h1,5-7H,4,14H2,2H3,(H,15,16). The number of nitrogens with two attached hydrogens (primary N) is 1. The van der Waals surface area contributed by atoms with Crippen molar-refractivity contribution in [2.75, 3.05) is 5.73 Å². The summed E-state index contributed by atoms with van der Waals surface area (Å²) >= 11 is 5.75. The predicted octanol–water partition coefficient (Wildman–Crippen LogP) is 2.41. The molecule has 1 rings (SSSR count). The summed E-state index contributed by atoms with van der Waals surface area (Å²) in [7, 11) is 0. The topological polar surface area (TPSA) is 72.5 Å². The number of hydrogen-bond donors (Lipinski definition) is 2. The second-order valence-corrected chi connectivity index (χ2v) is 3.92. The van der Waals surface area contributed by atoms with Crippen LogP contribution in [0.5, 0.6) is 5.75 Å². The number of ether oxygens (including phenoxy) is 1. The van der Waals surface area contributed by atoms with Crippen LogP contribution in [0.15, 0.2) is 12.1 Å². The van der Waals surface area contributed by atoms with Gasteiger partial charge in [0.05, 0.1) is 10.7 Å². The Kier molecular flexibility index (Phi) is 4.24. The molecular formula is C12H12ClNO3. The maximum absolute atomic E-state index is 11.0. The molecule has 0 saturated heterocycles. The zero-order chi connectivity index (χ0) is 13.0. The normalized spacial score (nSPS) is 11.6. The van der Waals surface area contributed by atoms with Gasteiger partial charge in [-0.3, -0.25) is 0 Å². The van der Waals surface area contributed by atoms with Crippen molar-refractivity contribution in [1.29, 1.82) is 0 Å². The van der Waals surface area contributed by atoms with Crippen LogP contribution in [0.25, 0.3) is 0 Å². The van der Waals surface area contributed by atoms with Gasteiger partial charge in [-0.1, -0.05) is 11.6 Å². The fourth-order valence-corrected chi connectivity index (χ4v) is 1.42. The smallest absolute Gasteiger partial charge is 0.339 e. The zero-order valence-corrected chi connectivity index (χ0v) is 9.99. The highest BCUT2D eigenvalue weighted by Crippen LogP contribution is 2.29. The van der Waals surface area contributed by atoms with Crippen LogP contribution in [0.2, 0.25) is 5.02 Å². The number of hydrogen-bond acceptors (Lipinski definition) is 3. The van der Waals surface area contributed by atoms with E-state index in [1.165, 1.54) is 12.1 Å². The minimum absolute atomic E-state index is 0.0342. The molecule has 1 atom stereocenters. The monoisotopic (exact) mass is 253 g/mol. The van der Waals surface area contributed by atoms with Crippen molar-refractivity contribution in [3.05, 3.63) is 22.7 Å². The van der Waals surface area contributed by atoms with Gasteiger partial charge < -0.3 is 15.6 Å². The average Bonchev–Trinajstić information content (AvgIpc) is 2.23. The third kappa shape index (κ3) is 3.30. The van der Waals surface area contributed by atoms with Crippen molar-refractivity contribution >= 4 is 23.3 Å². The molecule has 17 heavy (non-hydrogen) atoms. The summed E-state index contributed by atoms with van der Waals surface area (Å²) in [6.07, 6.45) is 5.23. The van der Waals surface area contributed by atoms with Gasteiger partial charge in [0.1, 0.15) is 17.4 Å². The predicted molar refractivity (Wildman–Crippen MR) is 66.4 cm³/mol. The molecule has 1 aromatic rings. The summed E-state index contributed by atoms with van der Waals surface area (Å²) in [4.78, 5) is 11.0. The van der Waals surface area contributed by atoms with E-state index in [0.717, 1.165) is 0 Å². The molecule has 0 heterocycles. The summed E-state index contributed by atoms with van der Waals surface area (Å²) in [6, 6.07) is 2.65. The molecule has 0 aliphatic carbocycles. The minimum atomic E-state index is -1.13. The first-order valence-corrected chi connectivity index (χ1v) is 5.26. The number of aromatic carboxylic acids is 1. The van der Waals surface area contributed by atoms with E-state index in [4.69, 9.17) is 33.6 Å². The number of benzene rings is 1. The summed E-state index contributed by atoms with van der Waals surface area (Å²) in [5, 5.41) is 9.18. The van der Waals surface area contributed by atoms with E-state index in [1.54, 1.807) is 6.92 Å². The summed E-state index contributed by atoms with van der Waals surface area (Å²) in [5.74, 6) is 1.47. The second-order valence-electron chi connectivity index (χ2n) is 3.51. The lowest BCUT2D eigenvalue weighted by atomic mass is 10.1. The maximum atomic E-state index is 11.0. The Morgan fingerprint density at radius 1 is 1.71 bits per heavy atom. The summed E-state index contributed by atoms with van der Waals surface area (Å²) < 4.78 is 5.42. The fraction of sp³-hybridized carbons (Fsp3) is 0.250. The molecule has 3 N–H and O–H groups in total. The first kappa shape index (κ1) is 13.2. The molecule has 0 radical (unpaired) electrons. The molecular weight excluding hydrogens is 242 g/mol. The largest absolute Gasteiger partial charge is 0.489 e. The van der Waals surface area contributed by atoms with Crippen LogP contribution < -0.4 is 10.5 Å². The average molecular weight is 254 g/mol. The number of carboxylic acids is 1. The van der Waals surface area contributed by atoms with Crippen molar-refractivity contribution in [1.82, 2.24) is 0 Å². The van der Waals surface area contributed by atoms with Gasteiger partial charge >= 0.3 is 5.97 Å². The van der Waals surface area contributed by atoms with Crippen LogP contribution in [-0.4, -0.2) is 17.2 Å². The summed E-state index contributed by atoms with van der Waals surface area (Å²) in [6.45, 7) is 1.75. The van der Waals surface area contributed by atoms with Crippen molar-refractivity contribution in [3.8, 4) is 18.1 Å². The number of anilines is 1. The lowest BCUT2D eigenvalue weighted by molar-refractivity contribution is 0.0690. The van der Waals surface area contributed by atoms with Crippen LogP contribution in [0, 0.1) is 12.3 Å². The SMILES string of the molecule is C#CCC(C)Oc1cc(N)c(Cl)cc1C(=O)O. The number of carbonyl (C=O) groups is 1. The lowest BCUT2D eigenvalue weighted by Crippen LogP contribution is -2.13. The number of terminal acetylenes is 1. The lowest BCUT2D eigenvalue weighted by Gasteiger charge is -2.15. The van der Waals surface area contributed by atoms with Crippen molar-refractivity contribution in [3.63, 3.8) is 0 Å². The van der Waals surface area contributed by atoms with Gasteiger partial charge in [0.15, 0.2) is 0 Å². The van der Waals surface area contributed by atoms with Crippen molar-refractivity contribution in [2.45, 2.75) is 19.4 Å². The molecule has 5 heteroatoms. The van der Waals surface area contributed by atoms with Crippen LogP contribution in [0.4, 0.5) is 5.69 Å². The van der Waals surface area contributed by atoms with E-state index >= 15 is 0 Å². The highest BCUT2D eigenvalue weighted by molar-refractivity contribution is 6.33. The highest BCUT2D eigenvalue weighted by atomic mass is 35.5. The number of nitrogen functional groups attached to an aromatic ring is 1. The Morgan fingerprint density at radius 3 is 2.88 bits per heavy atom. The molecule has 0 aromatic heterocycles. The van der Waals surface area contributed by atoms with E-state index in [-0.39, 0.29) is 28.1 Å². The van der Waals surface area contributed by atoms with Gasteiger partial charge in [-0.25, -0.2) is 4.79 Å².